The zero-order valence-corrected chi connectivity index (χ0v) is 21.2. The summed E-state index contributed by atoms with van der Waals surface area (Å²) >= 11 is 0. The molecule has 1 saturated carbocycles. The Morgan fingerprint density at radius 1 is 0.811 bits per heavy atom. The third-order valence-corrected chi connectivity index (χ3v) is 6.81. The first-order chi connectivity index (χ1) is 17.6. The SMILES string of the molecule is C.CN(C)c1nc(NC2CCC(NCc3cccc(OCc4ccccc4)c3)CC2)nc2ccccc12. The fraction of sp³-hybridized carbons (Fsp3) is 0.355. The molecule has 0 unspecified atom stereocenters. The maximum absolute atomic E-state index is 5.99. The third kappa shape index (κ3) is 6.98. The van der Waals surface area contributed by atoms with Gasteiger partial charge < -0.3 is 20.3 Å². The van der Waals surface area contributed by atoms with Gasteiger partial charge in [0.05, 0.1) is 5.52 Å². The van der Waals surface area contributed by atoms with Crippen LogP contribution in [0.2, 0.25) is 0 Å². The summed E-state index contributed by atoms with van der Waals surface area (Å²) in [6.07, 6.45) is 4.47. The van der Waals surface area contributed by atoms with Gasteiger partial charge in [-0.15, -0.1) is 0 Å². The smallest absolute Gasteiger partial charge is 0.225 e. The monoisotopic (exact) mass is 497 g/mol. The molecule has 2 N–H and O–H groups in total. The highest BCUT2D eigenvalue weighted by Crippen LogP contribution is 2.26. The Kier molecular flexibility index (Phi) is 8.96. The van der Waals surface area contributed by atoms with E-state index in [9.17, 15) is 0 Å². The number of hydrogen-bond acceptors (Lipinski definition) is 6. The predicted molar refractivity (Wildman–Crippen MR) is 154 cm³/mol. The molecule has 6 heteroatoms. The van der Waals surface area contributed by atoms with Gasteiger partial charge in [-0.05, 0) is 61.1 Å². The maximum Gasteiger partial charge on any atom is 0.225 e. The molecule has 0 amide bonds. The fourth-order valence-electron chi connectivity index (χ4n) is 4.84. The lowest BCUT2D eigenvalue weighted by Crippen LogP contribution is -2.37. The minimum Gasteiger partial charge on any atom is -0.489 e. The predicted octanol–water partition coefficient (Wildman–Crippen LogP) is 6.42. The molecule has 0 aliphatic heterocycles. The second kappa shape index (κ2) is 12.5. The summed E-state index contributed by atoms with van der Waals surface area (Å²) in [7, 11) is 4.06. The van der Waals surface area contributed by atoms with Gasteiger partial charge in [-0.2, -0.15) is 4.98 Å². The molecule has 3 aromatic carbocycles. The zero-order chi connectivity index (χ0) is 24.7. The van der Waals surface area contributed by atoms with Crippen LogP contribution in [0.3, 0.4) is 0 Å². The lowest BCUT2D eigenvalue weighted by atomic mass is 9.91. The number of hydrogen-bond donors (Lipinski definition) is 2. The van der Waals surface area contributed by atoms with Gasteiger partial charge in [0, 0.05) is 38.1 Å². The van der Waals surface area contributed by atoms with E-state index in [0.29, 0.717) is 18.7 Å². The molecule has 0 radical (unpaired) electrons. The zero-order valence-electron chi connectivity index (χ0n) is 21.2. The molecule has 37 heavy (non-hydrogen) atoms. The molecule has 1 aliphatic carbocycles. The summed E-state index contributed by atoms with van der Waals surface area (Å²) in [6, 6.07) is 27.8. The van der Waals surface area contributed by atoms with Gasteiger partial charge in [-0.25, -0.2) is 4.98 Å². The van der Waals surface area contributed by atoms with E-state index in [1.165, 1.54) is 11.1 Å². The van der Waals surface area contributed by atoms with E-state index in [-0.39, 0.29) is 7.43 Å². The Balaban J connectivity index is 0.00000320. The largest absolute Gasteiger partial charge is 0.489 e. The minimum absolute atomic E-state index is 0. The fourth-order valence-corrected chi connectivity index (χ4v) is 4.84. The van der Waals surface area contributed by atoms with Gasteiger partial charge in [0.2, 0.25) is 5.95 Å². The molecule has 0 bridgehead atoms. The quantitative estimate of drug-likeness (QED) is 0.278. The highest BCUT2D eigenvalue weighted by Gasteiger charge is 2.22. The number of anilines is 2. The molecule has 0 atom stereocenters. The van der Waals surface area contributed by atoms with E-state index in [2.05, 4.69) is 58.0 Å². The van der Waals surface area contributed by atoms with Crippen molar-refractivity contribution >= 4 is 22.7 Å². The molecule has 0 spiro atoms. The second-order valence-corrected chi connectivity index (χ2v) is 9.78. The Morgan fingerprint density at radius 2 is 1.51 bits per heavy atom. The average Bonchev–Trinajstić information content (AvgIpc) is 2.92. The Hall–Kier alpha value is -3.64. The molecule has 194 valence electrons. The van der Waals surface area contributed by atoms with E-state index in [1.54, 1.807) is 0 Å². The van der Waals surface area contributed by atoms with Crippen molar-refractivity contribution in [2.75, 3.05) is 24.3 Å². The number of nitrogens with one attached hydrogen (secondary N) is 2. The molecule has 1 fully saturated rings. The minimum atomic E-state index is 0. The van der Waals surface area contributed by atoms with E-state index in [4.69, 9.17) is 14.7 Å². The van der Waals surface area contributed by atoms with Gasteiger partial charge in [-0.1, -0.05) is 62.0 Å². The second-order valence-electron chi connectivity index (χ2n) is 9.78. The van der Waals surface area contributed by atoms with Crippen LogP contribution in [0, 0.1) is 0 Å². The summed E-state index contributed by atoms with van der Waals surface area (Å²) in [4.78, 5) is 11.6. The number of para-hydroxylation sites is 1. The highest BCUT2D eigenvalue weighted by atomic mass is 16.5. The molecule has 5 rings (SSSR count). The first-order valence-electron chi connectivity index (χ1n) is 12.8. The van der Waals surface area contributed by atoms with Gasteiger partial charge in [0.15, 0.2) is 0 Å². The summed E-state index contributed by atoms with van der Waals surface area (Å²) in [5.41, 5.74) is 3.41. The van der Waals surface area contributed by atoms with E-state index in [0.717, 1.165) is 60.6 Å². The van der Waals surface area contributed by atoms with Crippen molar-refractivity contribution in [1.29, 1.82) is 0 Å². The Bertz CT molecular complexity index is 1270. The summed E-state index contributed by atoms with van der Waals surface area (Å²) in [6.45, 7) is 1.44. The summed E-state index contributed by atoms with van der Waals surface area (Å²) < 4.78 is 5.99. The number of aromatic nitrogens is 2. The molecule has 1 aromatic heterocycles. The Labute approximate surface area is 221 Å². The normalized spacial score (nSPS) is 17.1. The van der Waals surface area contributed by atoms with E-state index >= 15 is 0 Å². The molecule has 0 saturated heterocycles. The van der Waals surface area contributed by atoms with Crippen LogP contribution in [0.25, 0.3) is 10.9 Å². The van der Waals surface area contributed by atoms with Crippen molar-refractivity contribution in [1.82, 2.24) is 15.3 Å². The van der Waals surface area contributed by atoms with E-state index in [1.807, 2.05) is 50.5 Å². The first-order valence-corrected chi connectivity index (χ1v) is 12.8. The van der Waals surface area contributed by atoms with Crippen LogP contribution >= 0.6 is 0 Å². The lowest BCUT2D eigenvalue weighted by molar-refractivity contribution is 0.305. The number of benzene rings is 3. The lowest BCUT2D eigenvalue weighted by Gasteiger charge is -2.30. The molecule has 1 aliphatic rings. The van der Waals surface area contributed by atoms with Crippen molar-refractivity contribution in [2.45, 2.75) is 58.3 Å². The summed E-state index contributed by atoms with van der Waals surface area (Å²) in [5.74, 6) is 2.59. The van der Waals surface area contributed by atoms with Crippen LogP contribution in [-0.2, 0) is 13.2 Å². The number of rotatable bonds is 9. The molecule has 6 nitrogen and oxygen atoms in total. The highest BCUT2D eigenvalue weighted by molar-refractivity contribution is 5.90. The third-order valence-electron chi connectivity index (χ3n) is 6.81. The van der Waals surface area contributed by atoms with Crippen LogP contribution in [0.4, 0.5) is 11.8 Å². The van der Waals surface area contributed by atoms with Gasteiger partial charge >= 0.3 is 0 Å². The van der Waals surface area contributed by atoms with Crippen molar-refractivity contribution in [3.63, 3.8) is 0 Å². The van der Waals surface area contributed by atoms with Crippen molar-refractivity contribution in [3.8, 4) is 5.75 Å². The average molecular weight is 498 g/mol. The van der Waals surface area contributed by atoms with Crippen molar-refractivity contribution in [3.05, 3.63) is 90.0 Å². The molecule has 1 heterocycles. The molecular formula is C31H39N5O. The Morgan fingerprint density at radius 3 is 2.30 bits per heavy atom. The van der Waals surface area contributed by atoms with Crippen LogP contribution in [0.5, 0.6) is 5.75 Å². The molecule has 4 aromatic rings. The topological polar surface area (TPSA) is 62.3 Å². The van der Waals surface area contributed by atoms with Crippen LogP contribution in [0.15, 0.2) is 78.9 Å². The van der Waals surface area contributed by atoms with Gasteiger partial charge in [0.1, 0.15) is 18.2 Å². The number of fused-ring (bicyclic) bond motifs is 1. The molecular weight excluding hydrogens is 458 g/mol. The summed E-state index contributed by atoms with van der Waals surface area (Å²) in [5, 5.41) is 8.43. The maximum atomic E-state index is 5.99. The van der Waals surface area contributed by atoms with Gasteiger partial charge in [0.25, 0.3) is 0 Å². The van der Waals surface area contributed by atoms with Crippen LogP contribution in [0.1, 0.15) is 44.2 Å². The van der Waals surface area contributed by atoms with Crippen LogP contribution < -0.4 is 20.3 Å². The van der Waals surface area contributed by atoms with Crippen molar-refractivity contribution < 1.29 is 4.74 Å². The van der Waals surface area contributed by atoms with Crippen LogP contribution in [-0.4, -0.2) is 36.1 Å². The first kappa shape index (κ1) is 26.4. The van der Waals surface area contributed by atoms with Crippen molar-refractivity contribution in [2.24, 2.45) is 0 Å². The standard InChI is InChI=1S/C30H35N5O.CH4/c1-35(2)29-27-13-6-7-14-28(27)33-30(34-29)32-25-17-15-24(16-18-25)31-20-23-11-8-12-26(19-23)36-21-22-9-4-3-5-10-22;/h3-14,19,24-25,31H,15-18,20-21H2,1-2H3,(H,32,33,34);1H4. The van der Waals surface area contributed by atoms with Gasteiger partial charge in [-0.3, -0.25) is 0 Å². The number of nitrogens with zero attached hydrogens (tertiary/aromatic N) is 3. The number of ether oxygens (including phenoxy) is 1. The van der Waals surface area contributed by atoms with E-state index < -0.39 is 0 Å².